The smallest absolute Gasteiger partial charge is 0.255 e. The topological polar surface area (TPSA) is 68.3 Å². The van der Waals surface area contributed by atoms with E-state index < -0.39 is 0 Å². The fourth-order valence-corrected chi connectivity index (χ4v) is 5.79. The molecule has 0 aliphatic carbocycles. The molecule has 1 unspecified atom stereocenters. The van der Waals surface area contributed by atoms with Crippen molar-refractivity contribution in [1.29, 1.82) is 0 Å². The van der Waals surface area contributed by atoms with Gasteiger partial charge in [-0.15, -0.1) is 11.3 Å². The Hall–Kier alpha value is -3.07. The predicted molar refractivity (Wildman–Crippen MR) is 154 cm³/mol. The number of hydrogen-bond donors (Lipinski definition) is 0. The zero-order chi connectivity index (χ0) is 27.8. The van der Waals surface area contributed by atoms with Gasteiger partial charge in [-0.1, -0.05) is 29.8 Å². The number of hydrogen-bond acceptors (Lipinski definition) is 6. The maximum absolute atomic E-state index is 13.8. The van der Waals surface area contributed by atoms with Gasteiger partial charge in [0.15, 0.2) is 11.5 Å². The molecule has 2 aromatic carbocycles. The normalized spacial score (nSPS) is 14.7. The highest BCUT2D eigenvalue weighted by molar-refractivity contribution is 7.11. The van der Waals surface area contributed by atoms with Crippen LogP contribution in [0.1, 0.15) is 38.5 Å². The number of aryl methyl sites for hydroxylation is 1. The van der Waals surface area contributed by atoms with E-state index in [9.17, 15) is 9.59 Å². The molecule has 39 heavy (non-hydrogen) atoms. The average Bonchev–Trinajstić information content (AvgIpc) is 3.61. The lowest BCUT2D eigenvalue weighted by atomic mass is 10.1. The number of amides is 2. The second kappa shape index (κ2) is 13.8. The predicted octanol–water partition coefficient (Wildman–Crippen LogP) is 5.62. The molecule has 9 heteroatoms. The highest BCUT2D eigenvalue weighted by atomic mass is 35.5. The van der Waals surface area contributed by atoms with E-state index in [4.69, 9.17) is 25.8 Å². The molecule has 1 fully saturated rings. The van der Waals surface area contributed by atoms with Crippen LogP contribution in [0.3, 0.4) is 0 Å². The lowest BCUT2D eigenvalue weighted by molar-refractivity contribution is -0.132. The maximum atomic E-state index is 13.8. The van der Waals surface area contributed by atoms with E-state index in [1.165, 1.54) is 4.88 Å². The second-order valence-electron chi connectivity index (χ2n) is 9.57. The Morgan fingerprint density at radius 3 is 2.51 bits per heavy atom. The van der Waals surface area contributed by atoms with Crippen LogP contribution in [0.15, 0.2) is 54.6 Å². The van der Waals surface area contributed by atoms with Crippen molar-refractivity contribution in [2.24, 2.45) is 0 Å². The number of ether oxygens (including phenoxy) is 3. The van der Waals surface area contributed by atoms with Crippen LogP contribution in [0.5, 0.6) is 11.5 Å². The zero-order valence-corrected chi connectivity index (χ0v) is 24.2. The summed E-state index contributed by atoms with van der Waals surface area (Å²) in [5, 5.41) is 0.367. The molecule has 0 radical (unpaired) electrons. The summed E-state index contributed by atoms with van der Waals surface area (Å²) in [7, 11) is 3.21. The van der Waals surface area contributed by atoms with Crippen molar-refractivity contribution in [1.82, 2.24) is 9.80 Å². The van der Waals surface area contributed by atoms with Crippen LogP contribution in [0.2, 0.25) is 5.02 Å². The van der Waals surface area contributed by atoms with Gasteiger partial charge in [0.25, 0.3) is 5.91 Å². The minimum absolute atomic E-state index is 0.0553. The molecule has 0 bridgehead atoms. The summed E-state index contributed by atoms with van der Waals surface area (Å²) in [5.41, 5.74) is 1.41. The van der Waals surface area contributed by atoms with Crippen LogP contribution in [0.4, 0.5) is 0 Å². The number of rotatable bonds is 12. The molecule has 4 rings (SSSR count). The summed E-state index contributed by atoms with van der Waals surface area (Å²) in [6.45, 7) is 3.97. The Morgan fingerprint density at radius 1 is 1.05 bits per heavy atom. The van der Waals surface area contributed by atoms with E-state index in [1.54, 1.807) is 54.7 Å². The number of carbonyl (C=O) groups excluding carboxylic acids is 2. The van der Waals surface area contributed by atoms with Crippen molar-refractivity contribution in [3.63, 3.8) is 0 Å². The number of nitrogens with zero attached hydrogens (tertiary/aromatic N) is 2. The van der Waals surface area contributed by atoms with Crippen molar-refractivity contribution in [2.75, 3.05) is 40.5 Å². The summed E-state index contributed by atoms with van der Waals surface area (Å²) in [6.07, 6.45) is 2.34. The van der Waals surface area contributed by atoms with Gasteiger partial charge in [0.05, 0.1) is 37.5 Å². The molecule has 2 heterocycles. The lowest BCUT2D eigenvalue weighted by Gasteiger charge is -2.29. The molecular weight excluding hydrogens is 536 g/mol. The first kappa shape index (κ1) is 28.9. The van der Waals surface area contributed by atoms with E-state index in [0.717, 1.165) is 23.3 Å². The van der Waals surface area contributed by atoms with Crippen LogP contribution >= 0.6 is 22.9 Å². The molecule has 0 N–H and O–H groups in total. The Kier molecular flexibility index (Phi) is 10.3. The van der Waals surface area contributed by atoms with Gasteiger partial charge in [0.1, 0.15) is 6.54 Å². The van der Waals surface area contributed by atoms with Crippen LogP contribution in [0.25, 0.3) is 0 Å². The third-order valence-electron chi connectivity index (χ3n) is 6.78. The fourth-order valence-electron chi connectivity index (χ4n) is 4.67. The third kappa shape index (κ3) is 7.75. The van der Waals surface area contributed by atoms with E-state index in [-0.39, 0.29) is 24.5 Å². The SMILES string of the molecule is COc1ccc(CCN(Cc2ccc(C)s2)C(=O)CN(CC2CCCO2)C(=O)c2ccccc2Cl)cc1OC. The van der Waals surface area contributed by atoms with Crippen molar-refractivity contribution in [3.8, 4) is 11.5 Å². The highest BCUT2D eigenvalue weighted by Crippen LogP contribution is 2.28. The highest BCUT2D eigenvalue weighted by Gasteiger charge is 2.28. The molecular formula is C30H35ClN2O5S. The number of halogens is 1. The largest absolute Gasteiger partial charge is 0.493 e. The molecule has 208 valence electrons. The molecule has 1 aromatic heterocycles. The summed E-state index contributed by atoms with van der Waals surface area (Å²) in [4.78, 5) is 33.1. The van der Waals surface area contributed by atoms with E-state index in [2.05, 4.69) is 19.1 Å². The Labute approximate surface area is 239 Å². The average molecular weight is 571 g/mol. The molecule has 1 aliphatic heterocycles. The van der Waals surface area contributed by atoms with E-state index in [1.807, 2.05) is 23.1 Å². The Bertz CT molecular complexity index is 1270. The van der Waals surface area contributed by atoms with Gasteiger partial charge < -0.3 is 24.0 Å². The van der Waals surface area contributed by atoms with Gasteiger partial charge in [-0.25, -0.2) is 0 Å². The van der Waals surface area contributed by atoms with Crippen LogP contribution < -0.4 is 9.47 Å². The summed E-state index contributed by atoms with van der Waals surface area (Å²) < 4.78 is 16.6. The minimum atomic E-state index is -0.267. The van der Waals surface area contributed by atoms with Gasteiger partial charge in [0.2, 0.25) is 5.91 Å². The minimum Gasteiger partial charge on any atom is -0.493 e. The molecule has 7 nitrogen and oxygen atoms in total. The van der Waals surface area contributed by atoms with E-state index in [0.29, 0.717) is 54.7 Å². The first-order valence-electron chi connectivity index (χ1n) is 13.1. The Balaban J connectivity index is 1.54. The number of thiophene rings is 1. The molecule has 1 aliphatic rings. The van der Waals surface area contributed by atoms with Crippen LogP contribution in [-0.2, 0) is 22.5 Å². The van der Waals surface area contributed by atoms with Gasteiger partial charge in [-0.2, -0.15) is 0 Å². The molecule has 3 aromatic rings. The lowest BCUT2D eigenvalue weighted by Crippen LogP contribution is -2.46. The van der Waals surface area contributed by atoms with Crippen LogP contribution in [0, 0.1) is 6.92 Å². The quantitative estimate of drug-likeness (QED) is 0.283. The van der Waals surface area contributed by atoms with Crippen molar-refractivity contribution in [2.45, 2.75) is 38.8 Å². The standard InChI is InChI=1S/C30H35ClN2O5S/c1-21-10-12-24(39-21)19-32(15-14-22-11-13-27(36-2)28(17-22)37-3)29(34)20-33(18-23-7-6-16-38-23)30(35)25-8-4-5-9-26(25)31/h4-5,8-13,17,23H,6-7,14-16,18-20H2,1-3H3. The van der Waals surface area contributed by atoms with Gasteiger partial charge in [-0.3, -0.25) is 9.59 Å². The van der Waals surface area contributed by atoms with Gasteiger partial charge >= 0.3 is 0 Å². The van der Waals surface area contributed by atoms with Gasteiger partial charge in [0, 0.05) is 29.5 Å². The zero-order valence-electron chi connectivity index (χ0n) is 22.7. The van der Waals surface area contributed by atoms with Crippen molar-refractivity contribution in [3.05, 3.63) is 80.5 Å². The summed E-state index contributed by atoms with van der Waals surface area (Å²) >= 11 is 8.03. The molecule has 1 atom stereocenters. The molecule has 0 saturated carbocycles. The Morgan fingerprint density at radius 2 is 1.85 bits per heavy atom. The summed E-state index contributed by atoms with van der Waals surface area (Å²) in [5.74, 6) is 0.914. The third-order valence-corrected chi connectivity index (χ3v) is 8.09. The molecule has 2 amide bonds. The van der Waals surface area contributed by atoms with Crippen molar-refractivity contribution >= 4 is 34.8 Å². The van der Waals surface area contributed by atoms with Crippen LogP contribution in [-0.4, -0.2) is 68.2 Å². The van der Waals surface area contributed by atoms with Gasteiger partial charge in [-0.05, 0) is 68.1 Å². The van der Waals surface area contributed by atoms with E-state index >= 15 is 0 Å². The number of methoxy groups -OCH3 is 2. The maximum Gasteiger partial charge on any atom is 0.255 e. The monoisotopic (exact) mass is 570 g/mol. The summed E-state index contributed by atoms with van der Waals surface area (Å²) in [6, 6.07) is 16.8. The first-order chi connectivity index (χ1) is 18.9. The molecule has 1 saturated heterocycles. The fraction of sp³-hybridized carbons (Fsp3) is 0.400. The first-order valence-corrected chi connectivity index (χ1v) is 14.3. The van der Waals surface area contributed by atoms with Crippen molar-refractivity contribution < 1.29 is 23.8 Å². The number of benzene rings is 2. The number of carbonyl (C=O) groups is 2. The second-order valence-corrected chi connectivity index (χ2v) is 11.3. The molecule has 0 spiro atoms.